The van der Waals surface area contributed by atoms with Gasteiger partial charge in [-0.3, -0.25) is 14.2 Å². The smallest absolute Gasteiger partial charge is 0.261 e. The van der Waals surface area contributed by atoms with E-state index in [-0.39, 0.29) is 24.1 Å². The second kappa shape index (κ2) is 6.87. The van der Waals surface area contributed by atoms with Crippen molar-refractivity contribution in [2.24, 2.45) is 0 Å². The predicted molar refractivity (Wildman–Crippen MR) is 95.4 cm³/mol. The van der Waals surface area contributed by atoms with Crippen molar-refractivity contribution in [2.45, 2.75) is 12.6 Å². The summed E-state index contributed by atoms with van der Waals surface area (Å²) in [7, 11) is 0. The predicted octanol–water partition coefficient (Wildman–Crippen LogP) is 1.35. The van der Waals surface area contributed by atoms with Gasteiger partial charge in [0.05, 0.1) is 23.8 Å². The molecule has 0 radical (unpaired) electrons. The van der Waals surface area contributed by atoms with Crippen LogP contribution in [0.3, 0.4) is 0 Å². The number of ether oxygens (including phenoxy) is 2. The number of rotatable bonds is 4. The number of fused-ring (bicyclic) bond motifs is 2. The van der Waals surface area contributed by atoms with E-state index >= 15 is 0 Å². The number of nitrogens with zero attached hydrogens (tertiary/aromatic N) is 2. The summed E-state index contributed by atoms with van der Waals surface area (Å²) in [5, 5.41) is 3.26. The minimum atomic E-state index is -0.286. The van der Waals surface area contributed by atoms with Crippen LogP contribution in [0.1, 0.15) is 0 Å². The van der Waals surface area contributed by atoms with Crippen LogP contribution in [0, 0.1) is 0 Å². The molecule has 2 aromatic carbocycles. The van der Waals surface area contributed by atoms with Crippen molar-refractivity contribution in [1.29, 1.82) is 0 Å². The molecule has 26 heavy (non-hydrogen) atoms. The van der Waals surface area contributed by atoms with Crippen LogP contribution in [0.15, 0.2) is 59.7 Å². The van der Waals surface area contributed by atoms with Crippen LogP contribution in [0.5, 0.6) is 11.5 Å². The molecule has 1 aliphatic heterocycles. The number of benzene rings is 2. The maximum Gasteiger partial charge on any atom is 0.261 e. The van der Waals surface area contributed by atoms with Gasteiger partial charge in [0.25, 0.3) is 5.56 Å². The van der Waals surface area contributed by atoms with Gasteiger partial charge in [0.15, 0.2) is 11.5 Å². The van der Waals surface area contributed by atoms with Crippen LogP contribution in [-0.2, 0) is 11.3 Å². The summed E-state index contributed by atoms with van der Waals surface area (Å²) in [5.74, 6) is 1.07. The van der Waals surface area contributed by atoms with Crippen LogP contribution in [0.25, 0.3) is 10.9 Å². The van der Waals surface area contributed by atoms with Crippen LogP contribution in [0.4, 0.5) is 0 Å². The van der Waals surface area contributed by atoms with E-state index in [1.165, 1.54) is 10.9 Å². The second-order valence-electron chi connectivity index (χ2n) is 6.00. The van der Waals surface area contributed by atoms with Gasteiger partial charge in [0.2, 0.25) is 5.91 Å². The van der Waals surface area contributed by atoms with Gasteiger partial charge in [-0.2, -0.15) is 0 Å². The molecule has 0 bridgehead atoms. The average Bonchev–Trinajstić information content (AvgIpc) is 2.68. The van der Waals surface area contributed by atoms with E-state index in [0.717, 1.165) is 0 Å². The van der Waals surface area contributed by atoms with E-state index in [9.17, 15) is 9.59 Å². The molecule has 3 aromatic rings. The Balaban J connectivity index is 1.38. The van der Waals surface area contributed by atoms with E-state index in [4.69, 9.17) is 9.47 Å². The number of hydrogen-bond donors (Lipinski definition) is 1. The van der Waals surface area contributed by atoms with E-state index in [1.54, 1.807) is 18.2 Å². The Labute approximate surface area is 149 Å². The van der Waals surface area contributed by atoms with Crippen LogP contribution < -0.4 is 20.3 Å². The molecular formula is C19H17N3O4. The van der Waals surface area contributed by atoms with Crippen molar-refractivity contribution < 1.29 is 14.3 Å². The Morgan fingerprint density at radius 3 is 2.81 bits per heavy atom. The fourth-order valence-electron chi connectivity index (χ4n) is 2.82. The molecule has 0 aliphatic carbocycles. The summed E-state index contributed by atoms with van der Waals surface area (Å²) >= 11 is 0. The maximum atomic E-state index is 12.4. The lowest BCUT2D eigenvalue weighted by Crippen LogP contribution is -2.42. The summed E-state index contributed by atoms with van der Waals surface area (Å²) in [6, 6.07) is 14.4. The molecule has 7 nitrogen and oxygen atoms in total. The van der Waals surface area contributed by atoms with Crippen molar-refractivity contribution in [1.82, 2.24) is 14.9 Å². The zero-order chi connectivity index (χ0) is 17.9. The summed E-state index contributed by atoms with van der Waals surface area (Å²) in [6.07, 6.45) is 1.11. The minimum absolute atomic E-state index is 0.0964. The molecule has 7 heteroatoms. The van der Waals surface area contributed by atoms with Gasteiger partial charge < -0.3 is 14.8 Å². The Morgan fingerprint density at radius 2 is 1.92 bits per heavy atom. The van der Waals surface area contributed by atoms with Crippen molar-refractivity contribution in [2.75, 3.05) is 13.2 Å². The molecule has 1 amide bonds. The normalized spacial score (nSPS) is 15.6. The molecular weight excluding hydrogens is 334 g/mol. The van der Waals surface area contributed by atoms with Gasteiger partial charge >= 0.3 is 0 Å². The Kier molecular flexibility index (Phi) is 4.27. The number of amides is 1. The third-order valence-corrected chi connectivity index (χ3v) is 4.14. The summed E-state index contributed by atoms with van der Waals surface area (Å²) in [5.41, 5.74) is 0.373. The quantitative estimate of drug-likeness (QED) is 0.767. The van der Waals surface area contributed by atoms with Gasteiger partial charge in [0, 0.05) is 0 Å². The lowest BCUT2D eigenvalue weighted by molar-refractivity contribution is -0.122. The number of carbonyl (C=O) groups is 1. The molecule has 1 aromatic heterocycles. The van der Waals surface area contributed by atoms with E-state index in [0.29, 0.717) is 35.6 Å². The first kappa shape index (κ1) is 16.1. The highest BCUT2D eigenvalue weighted by Crippen LogP contribution is 2.30. The van der Waals surface area contributed by atoms with Gasteiger partial charge in [0.1, 0.15) is 19.3 Å². The Bertz CT molecular complexity index is 1010. The van der Waals surface area contributed by atoms with Gasteiger partial charge in [-0.25, -0.2) is 4.98 Å². The SMILES string of the molecule is O=C(Cn1cnc2ccccc2c1=O)NC[C@@H]1COc2ccccc2O1. The third-order valence-electron chi connectivity index (χ3n) is 4.14. The molecule has 0 saturated heterocycles. The lowest BCUT2D eigenvalue weighted by Gasteiger charge is -2.26. The van der Waals surface area contributed by atoms with Crippen molar-refractivity contribution in [3.05, 3.63) is 65.2 Å². The average molecular weight is 351 g/mol. The lowest BCUT2D eigenvalue weighted by atomic mass is 10.2. The Hall–Kier alpha value is -3.35. The zero-order valence-corrected chi connectivity index (χ0v) is 13.9. The molecule has 2 heterocycles. The van der Waals surface area contributed by atoms with Gasteiger partial charge in [-0.05, 0) is 24.3 Å². The van der Waals surface area contributed by atoms with E-state index in [2.05, 4.69) is 10.3 Å². The first-order chi connectivity index (χ1) is 12.7. The second-order valence-corrected chi connectivity index (χ2v) is 6.00. The summed E-state index contributed by atoms with van der Waals surface area (Å²) in [4.78, 5) is 28.8. The molecule has 0 spiro atoms. The molecule has 132 valence electrons. The van der Waals surface area contributed by atoms with Crippen LogP contribution in [-0.4, -0.2) is 34.7 Å². The first-order valence-electron chi connectivity index (χ1n) is 8.30. The molecule has 0 unspecified atom stereocenters. The van der Waals surface area contributed by atoms with Crippen LogP contribution >= 0.6 is 0 Å². The number of aromatic nitrogens is 2. The van der Waals surface area contributed by atoms with Crippen molar-refractivity contribution in [3.8, 4) is 11.5 Å². The standard InChI is InChI=1S/C19H17N3O4/c23-18(10-22-12-21-15-6-2-1-5-14(15)19(22)24)20-9-13-11-25-16-7-3-4-8-17(16)26-13/h1-8,12-13H,9-11H2,(H,20,23)/t13-/m1/s1. The van der Waals surface area contributed by atoms with Crippen molar-refractivity contribution in [3.63, 3.8) is 0 Å². The molecule has 0 saturated carbocycles. The number of nitrogens with one attached hydrogen (secondary N) is 1. The Morgan fingerprint density at radius 1 is 1.15 bits per heavy atom. The monoisotopic (exact) mass is 351 g/mol. The summed E-state index contributed by atoms with van der Waals surface area (Å²) < 4.78 is 12.7. The highest BCUT2D eigenvalue weighted by Gasteiger charge is 2.21. The summed E-state index contributed by atoms with van der Waals surface area (Å²) in [6.45, 7) is 0.554. The number of para-hydroxylation sites is 3. The van der Waals surface area contributed by atoms with Gasteiger partial charge in [-0.15, -0.1) is 0 Å². The molecule has 4 rings (SSSR count). The number of carbonyl (C=O) groups excluding carboxylic acids is 1. The van der Waals surface area contributed by atoms with E-state index in [1.807, 2.05) is 30.3 Å². The minimum Gasteiger partial charge on any atom is -0.486 e. The van der Waals surface area contributed by atoms with Crippen molar-refractivity contribution >= 4 is 16.8 Å². The zero-order valence-electron chi connectivity index (χ0n) is 13.9. The number of hydrogen-bond acceptors (Lipinski definition) is 5. The molecule has 0 fully saturated rings. The molecule has 1 aliphatic rings. The molecule has 1 atom stereocenters. The fourth-order valence-corrected chi connectivity index (χ4v) is 2.82. The van der Waals surface area contributed by atoms with E-state index < -0.39 is 0 Å². The first-order valence-corrected chi connectivity index (χ1v) is 8.30. The highest BCUT2D eigenvalue weighted by molar-refractivity contribution is 5.78. The largest absolute Gasteiger partial charge is 0.486 e. The fraction of sp³-hybridized carbons (Fsp3) is 0.211. The maximum absolute atomic E-state index is 12.4. The third kappa shape index (κ3) is 3.23. The topological polar surface area (TPSA) is 82.5 Å². The highest BCUT2D eigenvalue weighted by atomic mass is 16.6. The van der Waals surface area contributed by atoms with Gasteiger partial charge in [-0.1, -0.05) is 24.3 Å². The van der Waals surface area contributed by atoms with Crippen LogP contribution in [0.2, 0.25) is 0 Å². The molecule has 1 N–H and O–H groups in total.